The summed E-state index contributed by atoms with van der Waals surface area (Å²) in [6.07, 6.45) is 2.59. The molecule has 0 fully saturated rings. The molecular weight excluding hydrogens is 182 g/mol. The monoisotopic (exact) mass is 203 g/mol. The topological polar surface area (TPSA) is 12.0 Å². The van der Waals surface area contributed by atoms with Crippen LogP contribution in [0.3, 0.4) is 0 Å². The van der Waals surface area contributed by atoms with Gasteiger partial charge in [-0.2, -0.15) is 0 Å². The zero-order chi connectivity index (χ0) is 10.8. The number of fused-ring (bicyclic) bond motifs is 1. The average molecular weight is 203 g/mol. The standard InChI is InChI=1S/C14H21N/c1-4-7-11-10(2)14(15-3)13-9-6-5-8-12(11)13/h5-6,8-11,14-15H,4,7H2,1-3H3. The molecule has 0 saturated heterocycles. The summed E-state index contributed by atoms with van der Waals surface area (Å²) >= 11 is 0. The largest absolute Gasteiger partial charge is 0.313 e. The maximum Gasteiger partial charge on any atom is 0.0352 e. The predicted octanol–water partition coefficient (Wildman–Crippen LogP) is 3.48. The Morgan fingerprint density at radius 2 is 1.87 bits per heavy atom. The van der Waals surface area contributed by atoms with Crippen LogP contribution in [0.15, 0.2) is 24.3 Å². The van der Waals surface area contributed by atoms with Crippen LogP contribution in [0.5, 0.6) is 0 Å². The van der Waals surface area contributed by atoms with Crippen molar-refractivity contribution >= 4 is 0 Å². The second-order valence-corrected chi connectivity index (χ2v) is 4.65. The summed E-state index contributed by atoms with van der Waals surface area (Å²) in [5, 5.41) is 3.46. The van der Waals surface area contributed by atoms with Gasteiger partial charge >= 0.3 is 0 Å². The summed E-state index contributed by atoms with van der Waals surface area (Å²) in [5.41, 5.74) is 3.09. The average Bonchev–Trinajstić information content (AvgIpc) is 2.53. The van der Waals surface area contributed by atoms with Crippen molar-refractivity contribution in [3.05, 3.63) is 35.4 Å². The van der Waals surface area contributed by atoms with Crippen molar-refractivity contribution in [1.29, 1.82) is 0 Å². The van der Waals surface area contributed by atoms with Crippen LogP contribution in [0.2, 0.25) is 0 Å². The van der Waals surface area contributed by atoms with Gasteiger partial charge in [-0.25, -0.2) is 0 Å². The van der Waals surface area contributed by atoms with Crippen LogP contribution in [-0.2, 0) is 0 Å². The number of rotatable bonds is 3. The fourth-order valence-electron chi connectivity index (χ4n) is 3.08. The van der Waals surface area contributed by atoms with Gasteiger partial charge in [-0.15, -0.1) is 0 Å². The van der Waals surface area contributed by atoms with Crippen molar-refractivity contribution in [1.82, 2.24) is 5.32 Å². The van der Waals surface area contributed by atoms with Crippen LogP contribution in [0.25, 0.3) is 0 Å². The molecule has 3 atom stereocenters. The highest BCUT2D eigenvalue weighted by Gasteiger charge is 2.35. The van der Waals surface area contributed by atoms with Gasteiger partial charge in [-0.3, -0.25) is 0 Å². The predicted molar refractivity (Wildman–Crippen MR) is 65.1 cm³/mol. The number of hydrogen-bond acceptors (Lipinski definition) is 1. The van der Waals surface area contributed by atoms with Crippen molar-refractivity contribution in [3.8, 4) is 0 Å². The number of nitrogens with one attached hydrogen (secondary N) is 1. The van der Waals surface area contributed by atoms with E-state index in [1.165, 1.54) is 18.4 Å². The first kappa shape index (κ1) is 10.7. The maximum atomic E-state index is 3.46. The fraction of sp³-hybridized carbons (Fsp3) is 0.571. The molecule has 0 aliphatic heterocycles. The van der Waals surface area contributed by atoms with Gasteiger partial charge in [0.15, 0.2) is 0 Å². The van der Waals surface area contributed by atoms with Crippen molar-refractivity contribution < 1.29 is 0 Å². The van der Waals surface area contributed by atoms with Crippen LogP contribution < -0.4 is 5.32 Å². The van der Waals surface area contributed by atoms with Crippen LogP contribution in [0.1, 0.15) is 49.8 Å². The molecule has 0 aromatic heterocycles. The molecule has 1 nitrogen and oxygen atoms in total. The lowest BCUT2D eigenvalue weighted by molar-refractivity contribution is 0.371. The van der Waals surface area contributed by atoms with E-state index in [1.54, 1.807) is 5.56 Å². The van der Waals surface area contributed by atoms with Crippen LogP contribution in [-0.4, -0.2) is 7.05 Å². The molecule has 0 saturated carbocycles. The van der Waals surface area contributed by atoms with E-state index in [-0.39, 0.29) is 0 Å². The Morgan fingerprint density at radius 3 is 2.47 bits per heavy atom. The van der Waals surface area contributed by atoms with Crippen molar-refractivity contribution in [2.75, 3.05) is 7.05 Å². The normalized spacial score (nSPS) is 29.1. The van der Waals surface area contributed by atoms with Crippen LogP contribution in [0.4, 0.5) is 0 Å². The second kappa shape index (κ2) is 4.36. The van der Waals surface area contributed by atoms with Gasteiger partial charge in [-0.1, -0.05) is 44.5 Å². The molecule has 3 unspecified atom stereocenters. The lowest BCUT2D eigenvalue weighted by atomic mass is 9.89. The number of benzene rings is 1. The van der Waals surface area contributed by atoms with Gasteiger partial charge < -0.3 is 5.32 Å². The van der Waals surface area contributed by atoms with E-state index in [9.17, 15) is 0 Å². The van der Waals surface area contributed by atoms with E-state index in [2.05, 4.69) is 50.5 Å². The summed E-state index contributed by atoms with van der Waals surface area (Å²) < 4.78 is 0. The highest BCUT2D eigenvalue weighted by Crippen LogP contribution is 2.46. The summed E-state index contributed by atoms with van der Waals surface area (Å²) in [6, 6.07) is 9.47. The Hall–Kier alpha value is -0.820. The third-order valence-corrected chi connectivity index (χ3v) is 3.80. The first-order valence-electron chi connectivity index (χ1n) is 6.05. The minimum Gasteiger partial charge on any atom is -0.313 e. The van der Waals surface area contributed by atoms with Crippen molar-refractivity contribution in [2.45, 2.75) is 38.6 Å². The third-order valence-electron chi connectivity index (χ3n) is 3.80. The Morgan fingerprint density at radius 1 is 1.20 bits per heavy atom. The summed E-state index contributed by atoms with van der Waals surface area (Å²) in [5.74, 6) is 1.48. The minimum absolute atomic E-state index is 0.553. The Kier molecular flexibility index (Phi) is 3.11. The first-order chi connectivity index (χ1) is 7.29. The Balaban J connectivity index is 2.37. The molecule has 82 valence electrons. The van der Waals surface area contributed by atoms with Gasteiger partial charge in [0.25, 0.3) is 0 Å². The van der Waals surface area contributed by atoms with E-state index in [4.69, 9.17) is 0 Å². The van der Waals surface area contributed by atoms with E-state index < -0.39 is 0 Å². The fourth-order valence-corrected chi connectivity index (χ4v) is 3.08. The molecule has 0 radical (unpaired) electrons. The molecule has 1 aromatic rings. The van der Waals surface area contributed by atoms with Gasteiger partial charge in [-0.05, 0) is 36.4 Å². The highest BCUT2D eigenvalue weighted by atomic mass is 14.9. The zero-order valence-corrected chi connectivity index (χ0v) is 9.96. The zero-order valence-electron chi connectivity index (χ0n) is 9.96. The smallest absolute Gasteiger partial charge is 0.0352 e. The van der Waals surface area contributed by atoms with Crippen molar-refractivity contribution in [3.63, 3.8) is 0 Å². The Labute approximate surface area is 92.9 Å². The highest BCUT2D eigenvalue weighted by molar-refractivity contribution is 5.39. The molecule has 0 amide bonds. The van der Waals surface area contributed by atoms with E-state index in [0.29, 0.717) is 6.04 Å². The summed E-state index contributed by atoms with van der Waals surface area (Å²) in [6.45, 7) is 4.66. The molecule has 2 rings (SSSR count). The van der Waals surface area contributed by atoms with Crippen LogP contribution in [0, 0.1) is 5.92 Å². The Bertz CT molecular complexity index is 332. The summed E-state index contributed by atoms with van der Waals surface area (Å²) in [7, 11) is 2.08. The third kappa shape index (κ3) is 1.69. The molecule has 1 aliphatic carbocycles. The molecule has 0 spiro atoms. The van der Waals surface area contributed by atoms with Gasteiger partial charge in [0, 0.05) is 6.04 Å². The van der Waals surface area contributed by atoms with Crippen molar-refractivity contribution in [2.24, 2.45) is 5.92 Å². The molecule has 0 bridgehead atoms. The maximum absolute atomic E-state index is 3.46. The van der Waals surface area contributed by atoms with E-state index in [0.717, 1.165) is 11.8 Å². The van der Waals surface area contributed by atoms with E-state index in [1.807, 2.05) is 0 Å². The van der Waals surface area contributed by atoms with Gasteiger partial charge in [0.1, 0.15) is 0 Å². The van der Waals surface area contributed by atoms with Gasteiger partial charge in [0.05, 0.1) is 0 Å². The minimum atomic E-state index is 0.553. The quantitative estimate of drug-likeness (QED) is 0.793. The molecule has 1 aliphatic rings. The SMILES string of the molecule is CCCC1c2ccccc2C(NC)C1C. The number of hydrogen-bond donors (Lipinski definition) is 1. The molecular formula is C14H21N. The van der Waals surface area contributed by atoms with Gasteiger partial charge in [0.2, 0.25) is 0 Å². The summed E-state index contributed by atoms with van der Waals surface area (Å²) in [4.78, 5) is 0. The lowest BCUT2D eigenvalue weighted by Crippen LogP contribution is -2.20. The van der Waals surface area contributed by atoms with E-state index >= 15 is 0 Å². The molecule has 1 aromatic carbocycles. The molecule has 1 heteroatoms. The lowest BCUT2D eigenvalue weighted by Gasteiger charge is -2.20. The second-order valence-electron chi connectivity index (χ2n) is 4.65. The van der Waals surface area contributed by atoms with Crippen LogP contribution >= 0.6 is 0 Å². The first-order valence-corrected chi connectivity index (χ1v) is 6.05. The molecule has 0 heterocycles. The molecule has 15 heavy (non-hydrogen) atoms. The molecule has 1 N–H and O–H groups in total.